The molecule has 1 aromatic heterocycles. The number of rotatable bonds is 10. The molecule has 0 bridgehead atoms. The predicted octanol–water partition coefficient (Wildman–Crippen LogP) is 7.37. The highest BCUT2D eigenvalue weighted by molar-refractivity contribution is 6.03. The second-order valence-electron chi connectivity index (χ2n) is 12.7. The summed E-state index contributed by atoms with van der Waals surface area (Å²) in [6.07, 6.45) is 0.702. The van der Waals surface area contributed by atoms with Crippen LogP contribution in [0.3, 0.4) is 0 Å². The summed E-state index contributed by atoms with van der Waals surface area (Å²) in [7, 11) is 0. The van der Waals surface area contributed by atoms with E-state index in [1.807, 2.05) is 36.4 Å². The van der Waals surface area contributed by atoms with E-state index in [-0.39, 0.29) is 23.9 Å². The Morgan fingerprint density at radius 3 is 2.38 bits per heavy atom. The molecule has 0 radical (unpaired) electrons. The number of ether oxygens (including phenoxy) is 4. The molecule has 5 rings (SSSR count). The monoisotopic (exact) mass is 686 g/mol. The van der Waals surface area contributed by atoms with Crippen LogP contribution in [0, 0.1) is 10.1 Å². The van der Waals surface area contributed by atoms with Gasteiger partial charge in [0.05, 0.1) is 17.0 Å². The molecule has 4 aromatic rings. The lowest BCUT2D eigenvalue weighted by Gasteiger charge is -2.28. The number of hydrogen-bond donors (Lipinski definition) is 1. The zero-order chi connectivity index (χ0) is 35.8. The van der Waals surface area contributed by atoms with Crippen molar-refractivity contribution in [2.24, 2.45) is 0 Å². The van der Waals surface area contributed by atoms with Crippen LogP contribution in [0.2, 0.25) is 0 Å². The van der Waals surface area contributed by atoms with Crippen LogP contribution in [0.5, 0.6) is 0 Å². The van der Waals surface area contributed by atoms with Gasteiger partial charge in [0, 0.05) is 18.6 Å². The normalized spacial score (nSPS) is 13.9. The van der Waals surface area contributed by atoms with Crippen molar-refractivity contribution in [2.75, 3.05) is 4.90 Å². The number of carbonyl (C=O) groups is 3. The van der Waals surface area contributed by atoms with Gasteiger partial charge in [-0.2, -0.15) is 0 Å². The number of H-pyrrole nitrogens is 1. The van der Waals surface area contributed by atoms with Crippen LogP contribution in [0.25, 0.3) is 22.5 Å². The lowest BCUT2D eigenvalue weighted by atomic mass is 9.96. The van der Waals surface area contributed by atoms with E-state index < -0.39 is 40.7 Å². The first-order valence-corrected chi connectivity index (χ1v) is 16.2. The van der Waals surface area contributed by atoms with Crippen molar-refractivity contribution in [1.82, 2.24) is 20.6 Å². The Hall–Kier alpha value is -5.86. The molecule has 15 nitrogen and oxygen atoms in total. The van der Waals surface area contributed by atoms with Gasteiger partial charge in [-0.1, -0.05) is 55.0 Å². The maximum absolute atomic E-state index is 13.9. The lowest BCUT2D eigenvalue weighted by Crippen LogP contribution is -2.38. The summed E-state index contributed by atoms with van der Waals surface area (Å²) in [5.41, 5.74) is 0.480. The number of nitrogens with one attached hydrogen (secondary N) is 1. The Bertz CT molecular complexity index is 1820. The maximum atomic E-state index is 13.9. The molecule has 1 unspecified atom stereocenters. The van der Waals surface area contributed by atoms with E-state index in [9.17, 15) is 24.5 Å². The number of nitrogens with zero attached hydrogens (tertiary/aromatic N) is 5. The number of nitro benzene ring substituents is 1. The van der Waals surface area contributed by atoms with Gasteiger partial charge in [0.1, 0.15) is 17.4 Å². The van der Waals surface area contributed by atoms with Crippen LogP contribution in [0.15, 0.2) is 66.7 Å². The number of para-hydroxylation sites is 1. The van der Waals surface area contributed by atoms with Crippen molar-refractivity contribution < 1.29 is 38.3 Å². The molecule has 1 amide bonds. The van der Waals surface area contributed by atoms with Crippen molar-refractivity contribution in [1.29, 1.82) is 0 Å². The molecule has 1 atom stereocenters. The van der Waals surface area contributed by atoms with E-state index in [0.717, 1.165) is 41.4 Å². The zero-order valence-corrected chi connectivity index (χ0v) is 28.2. The van der Waals surface area contributed by atoms with E-state index in [1.165, 1.54) is 19.1 Å². The number of aromatic nitrogens is 4. The molecule has 0 spiro atoms. The summed E-state index contributed by atoms with van der Waals surface area (Å²) >= 11 is 0. The van der Waals surface area contributed by atoms with Gasteiger partial charge in [0.15, 0.2) is 5.82 Å². The van der Waals surface area contributed by atoms with Crippen molar-refractivity contribution in [3.05, 3.63) is 88.0 Å². The minimum atomic E-state index is -1.41. The second-order valence-corrected chi connectivity index (χ2v) is 12.7. The molecule has 50 heavy (non-hydrogen) atoms. The molecular formula is C35H38N6O9. The van der Waals surface area contributed by atoms with E-state index in [4.69, 9.17) is 18.9 Å². The predicted molar refractivity (Wildman–Crippen MR) is 180 cm³/mol. The van der Waals surface area contributed by atoms with Gasteiger partial charge in [-0.25, -0.2) is 19.5 Å². The van der Waals surface area contributed by atoms with Gasteiger partial charge in [0.2, 0.25) is 6.29 Å². The van der Waals surface area contributed by atoms with Gasteiger partial charge < -0.3 is 18.9 Å². The number of esters is 1. The summed E-state index contributed by atoms with van der Waals surface area (Å²) in [5, 5.41) is 26.6. The first-order valence-electron chi connectivity index (χ1n) is 16.2. The van der Waals surface area contributed by atoms with Crippen LogP contribution >= 0.6 is 0 Å². The fourth-order valence-corrected chi connectivity index (χ4v) is 5.61. The molecule has 1 heterocycles. The zero-order valence-electron chi connectivity index (χ0n) is 28.2. The molecule has 1 fully saturated rings. The van der Waals surface area contributed by atoms with Crippen LogP contribution in [0.4, 0.5) is 21.0 Å². The Morgan fingerprint density at radius 1 is 0.980 bits per heavy atom. The number of tetrazole rings is 1. The molecule has 15 heteroatoms. The van der Waals surface area contributed by atoms with Gasteiger partial charge in [-0.3, -0.25) is 15.0 Å². The SMILES string of the molecule is CC(OC(=O)OC1CCCCC1)OC(=O)c1cccc([N+](=O)[O-])c1N(Cc1ccc(-c2ccccc2)c(-c2nnn[nH]2)c1)C(=O)OC(C)(C)C. The van der Waals surface area contributed by atoms with Crippen LogP contribution in [-0.2, 0) is 25.5 Å². The second kappa shape index (κ2) is 15.6. The van der Waals surface area contributed by atoms with Crippen LogP contribution < -0.4 is 4.90 Å². The van der Waals surface area contributed by atoms with E-state index in [0.29, 0.717) is 29.8 Å². The fraction of sp³-hybridized carbons (Fsp3) is 0.371. The van der Waals surface area contributed by atoms with Gasteiger partial charge in [0.25, 0.3) is 5.69 Å². The van der Waals surface area contributed by atoms with E-state index in [1.54, 1.807) is 32.9 Å². The number of nitro groups is 1. The third-order valence-corrected chi connectivity index (χ3v) is 7.78. The van der Waals surface area contributed by atoms with Crippen LogP contribution in [0.1, 0.15) is 75.7 Å². The Kier molecular flexibility index (Phi) is 11.0. The summed E-state index contributed by atoms with van der Waals surface area (Å²) in [5.74, 6) is -0.733. The van der Waals surface area contributed by atoms with Crippen molar-refractivity contribution in [2.45, 2.75) is 84.3 Å². The topological polar surface area (TPSA) is 189 Å². The average molecular weight is 687 g/mol. The minimum absolute atomic E-state index is 0.274. The lowest BCUT2D eigenvalue weighted by molar-refractivity contribution is -0.384. The van der Waals surface area contributed by atoms with Gasteiger partial charge in [-0.05, 0) is 85.7 Å². The third-order valence-electron chi connectivity index (χ3n) is 7.78. The van der Waals surface area contributed by atoms with E-state index >= 15 is 0 Å². The molecule has 0 aliphatic heterocycles. The summed E-state index contributed by atoms with van der Waals surface area (Å²) in [6, 6.07) is 18.5. The number of hydrogen-bond acceptors (Lipinski definition) is 12. The smallest absolute Gasteiger partial charge is 0.443 e. The highest BCUT2D eigenvalue weighted by Crippen LogP contribution is 2.37. The summed E-state index contributed by atoms with van der Waals surface area (Å²) in [4.78, 5) is 52.6. The fourth-order valence-electron chi connectivity index (χ4n) is 5.61. The first-order chi connectivity index (χ1) is 23.9. The Balaban J connectivity index is 1.50. The Morgan fingerprint density at radius 2 is 1.72 bits per heavy atom. The molecule has 1 N–H and O–H groups in total. The van der Waals surface area contributed by atoms with E-state index in [2.05, 4.69) is 20.6 Å². The highest BCUT2D eigenvalue weighted by Gasteiger charge is 2.35. The van der Waals surface area contributed by atoms with Crippen LogP contribution in [-0.4, -0.2) is 61.8 Å². The molecule has 1 saturated carbocycles. The standard InChI is InChI=1S/C35H38N6O9/c1-22(48-34(44)49-25-14-9-6-10-15-25)47-32(42)27-16-11-17-29(41(45)46)30(27)40(33(43)50-35(2,3)4)21-23-18-19-26(24-12-7-5-8-13-24)28(20-23)31-36-38-39-37-31/h5,7-8,11-13,16-20,22,25H,6,9-10,14-15,21H2,1-4H3,(H,36,37,38,39). The third kappa shape index (κ3) is 8.98. The highest BCUT2D eigenvalue weighted by atomic mass is 16.8. The van der Waals surface area contributed by atoms with Crippen molar-refractivity contribution >= 4 is 29.6 Å². The first kappa shape index (κ1) is 35.4. The molecule has 1 aliphatic carbocycles. The molecule has 3 aromatic carbocycles. The molecule has 1 aliphatic rings. The largest absolute Gasteiger partial charge is 0.511 e. The number of aromatic amines is 1. The quantitative estimate of drug-likeness (QED) is 0.0574. The summed E-state index contributed by atoms with van der Waals surface area (Å²) in [6.45, 7) is 5.98. The number of amides is 1. The minimum Gasteiger partial charge on any atom is -0.443 e. The summed E-state index contributed by atoms with van der Waals surface area (Å²) < 4.78 is 21.6. The number of benzene rings is 3. The number of carbonyl (C=O) groups excluding carboxylic acids is 3. The molecule has 262 valence electrons. The Labute approximate surface area is 288 Å². The number of anilines is 1. The average Bonchev–Trinajstić information content (AvgIpc) is 3.62. The molecular weight excluding hydrogens is 648 g/mol. The van der Waals surface area contributed by atoms with Gasteiger partial charge >= 0.3 is 18.2 Å². The molecule has 0 saturated heterocycles. The van der Waals surface area contributed by atoms with Gasteiger partial charge in [-0.15, -0.1) is 5.10 Å². The van der Waals surface area contributed by atoms with Crippen molar-refractivity contribution in [3.63, 3.8) is 0 Å². The maximum Gasteiger partial charge on any atom is 0.511 e. The van der Waals surface area contributed by atoms with Crippen molar-refractivity contribution in [3.8, 4) is 22.5 Å².